The van der Waals surface area contributed by atoms with Crippen LogP contribution in [0.5, 0.6) is 0 Å². The number of Topliss-reactive ketones (excluding diaryl/α,β-unsaturated/α-hetero) is 2. The molecule has 7 nitrogen and oxygen atoms in total. The number of carbonyl (C=O) groups is 3. The second kappa shape index (κ2) is 8.62. The Balaban J connectivity index is 1.81. The maximum Gasteiger partial charge on any atom is 0.285 e. The molecule has 0 fully saturated rings. The molecule has 2 N–H and O–H groups in total. The van der Waals surface area contributed by atoms with E-state index in [9.17, 15) is 14.4 Å². The summed E-state index contributed by atoms with van der Waals surface area (Å²) in [5.41, 5.74) is 1.09. The van der Waals surface area contributed by atoms with Crippen LogP contribution in [-0.4, -0.2) is 39.6 Å². The van der Waals surface area contributed by atoms with Crippen LogP contribution >= 0.6 is 23.1 Å². The average Bonchev–Trinajstić information content (AvgIpc) is 3.00. The largest absolute Gasteiger partial charge is 0.373 e. The molecule has 0 bridgehead atoms. The average molecular weight is 405 g/mol. The maximum absolute atomic E-state index is 13.0. The number of rotatable bonds is 5. The van der Waals surface area contributed by atoms with E-state index in [1.807, 2.05) is 6.92 Å². The van der Waals surface area contributed by atoms with Crippen molar-refractivity contribution in [2.45, 2.75) is 26.2 Å². The summed E-state index contributed by atoms with van der Waals surface area (Å²) in [6.45, 7) is 1.89. The third-order valence-corrected chi connectivity index (χ3v) is 5.93. The van der Waals surface area contributed by atoms with Gasteiger partial charge in [-0.3, -0.25) is 19.7 Å². The molecule has 1 amide bonds. The van der Waals surface area contributed by atoms with Crippen LogP contribution < -0.4 is 10.6 Å². The molecule has 2 aromatic rings. The first-order valence-electron chi connectivity index (χ1n) is 8.69. The molecule has 3 rings (SSSR count). The Hall–Kier alpha value is -2.26. The third-order valence-electron chi connectivity index (χ3n) is 4.25. The normalized spacial score (nSPS) is 16.4. The second-order valence-corrected chi connectivity index (χ2v) is 8.23. The molecule has 1 unspecified atom stereocenters. The first kappa shape index (κ1) is 19.5. The van der Waals surface area contributed by atoms with Gasteiger partial charge in [0.15, 0.2) is 16.7 Å². The van der Waals surface area contributed by atoms with E-state index in [0.29, 0.717) is 52.1 Å². The number of anilines is 2. The Morgan fingerprint density at radius 2 is 2.19 bits per heavy atom. The van der Waals surface area contributed by atoms with Crippen molar-refractivity contribution in [1.82, 2.24) is 9.97 Å². The molecule has 1 atom stereocenters. The van der Waals surface area contributed by atoms with E-state index in [2.05, 4.69) is 20.6 Å². The van der Waals surface area contributed by atoms with Crippen LogP contribution in [0.3, 0.4) is 0 Å². The number of ketones is 2. The minimum absolute atomic E-state index is 0.197. The van der Waals surface area contributed by atoms with Crippen molar-refractivity contribution in [3.05, 3.63) is 34.5 Å². The Morgan fingerprint density at radius 1 is 1.37 bits per heavy atom. The number of aromatic nitrogens is 2. The molecule has 0 saturated carbocycles. The third kappa shape index (κ3) is 4.36. The van der Waals surface area contributed by atoms with Crippen LogP contribution in [0.2, 0.25) is 0 Å². The standard InChI is InChI=1S/C18H20N4O3S2/c1-3-26-18(25)22-17-21-12-6-4-5-11(15(24)16(12)27-17)14(23)10-7-8-13(19-2)20-9-10/h7-9,11H,3-6H2,1-2H3,(H,19,20)(H,21,22,25). The highest BCUT2D eigenvalue weighted by atomic mass is 32.2. The van der Waals surface area contributed by atoms with Crippen LogP contribution in [0.4, 0.5) is 15.7 Å². The van der Waals surface area contributed by atoms with Gasteiger partial charge in [0.25, 0.3) is 5.24 Å². The molecule has 0 radical (unpaired) electrons. The van der Waals surface area contributed by atoms with Gasteiger partial charge < -0.3 is 5.32 Å². The summed E-state index contributed by atoms with van der Waals surface area (Å²) in [6, 6.07) is 3.39. The molecule has 1 aliphatic carbocycles. The number of amides is 1. The van der Waals surface area contributed by atoms with Crippen molar-refractivity contribution < 1.29 is 14.4 Å². The highest BCUT2D eigenvalue weighted by molar-refractivity contribution is 8.13. The van der Waals surface area contributed by atoms with Crippen molar-refractivity contribution in [3.8, 4) is 0 Å². The number of thioether (sulfide) groups is 1. The Morgan fingerprint density at radius 3 is 2.85 bits per heavy atom. The van der Waals surface area contributed by atoms with Crippen LogP contribution in [-0.2, 0) is 6.42 Å². The number of pyridine rings is 1. The van der Waals surface area contributed by atoms with Gasteiger partial charge in [0.05, 0.1) is 16.5 Å². The van der Waals surface area contributed by atoms with Gasteiger partial charge in [-0.05, 0) is 37.1 Å². The number of nitrogens with one attached hydrogen (secondary N) is 2. The molecule has 9 heteroatoms. The molecule has 27 heavy (non-hydrogen) atoms. The molecule has 0 aromatic carbocycles. The first-order valence-corrected chi connectivity index (χ1v) is 10.5. The predicted molar refractivity (Wildman–Crippen MR) is 108 cm³/mol. The van der Waals surface area contributed by atoms with Gasteiger partial charge >= 0.3 is 0 Å². The summed E-state index contributed by atoms with van der Waals surface area (Å²) in [5.74, 6) is 0.151. The second-order valence-electron chi connectivity index (χ2n) is 6.00. The monoisotopic (exact) mass is 404 g/mol. The van der Waals surface area contributed by atoms with Gasteiger partial charge in [0.1, 0.15) is 5.82 Å². The highest BCUT2D eigenvalue weighted by Crippen LogP contribution is 2.33. The number of fused-ring (bicyclic) bond motifs is 1. The molecule has 0 saturated heterocycles. The fraction of sp³-hybridized carbons (Fsp3) is 0.389. The Bertz CT molecular complexity index is 864. The fourth-order valence-corrected chi connectivity index (χ4v) is 4.42. The summed E-state index contributed by atoms with van der Waals surface area (Å²) >= 11 is 2.30. The van der Waals surface area contributed by atoms with Gasteiger partial charge in [0.2, 0.25) is 0 Å². The maximum atomic E-state index is 13.0. The molecule has 2 heterocycles. The minimum Gasteiger partial charge on any atom is -0.373 e. The lowest BCUT2D eigenvalue weighted by atomic mass is 9.91. The number of aryl methyl sites for hydroxylation is 1. The molecule has 142 valence electrons. The molecular formula is C18H20N4O3S2. The van der Waals surface area contributed by atoms with Crippen LogP contribution in [0.1, 0.15) is 45.5 Å². The number of nitrogens with zero attached hydrogens (tertiary/aromatic N) is 2. The Labute approximate surface area is 165 Å². The minimum atomic E-state index is -0.734. The highest BCUT2D eigenvalue weighted by Gasteiger charge is 2.34. The lowest BCUT2D eigenvalue weighted by molar-refractivity contribution is 0.0803. The summed E-state index contributed by atoms with van der Waals surface area (Å²) in [5, 5.41) is 5.82. The molecule has 0 aliphatic heterocycles. The van der Waals surface area contributed by atoms with Crippen molar-refractivity contribution in [2.24, 2.45) is 5.92 Å². The topological polar surface area (TPSA) is 101 Å². The lowest BCUT2D eigenvalue weighted by Gasteiger charge is -2.11. The van der Waals surface area contributed by atoms with Gasteiger partial charge in [-0.2, -0.15) is 0 Å². The number of carbonyl (C=O) groups excluding carboxylic acids is 3. The fourth-order valence-electron chi connectivity index (χ4n) is 2.92. The zero-order chi connectivity index (χ0) is 19.4. The van der Waals surface area contributed by atoms with E-state index in [0.717, 1.165) is 23.1 Å². The van der Waals surface area contributed by atoms with Gasteiger partial charge in [-0.15, -0.1) is 0 Å². The predicted octanol–water partition coefficient (Wildman–Crippen LogP) is 3.88. The van der Waals surface area contributed by atoms with E-state index >= 15 is 0 Å². The van der Waals surface area contributed by atoms with Crippen LogP contribution in [0.15, 0.2) is 18.3 Å². The van der Waals surface area contributed by atoms with E-state index in [4.69, 9.17) is 0 Å². The SMILES string of the molecule is CCSC(=O)Nc1nc2c(s1)C(=O)C(C(=O)c1ccc(NC)nc1)CCC2. The van der Waals surface area contributed by atoms with Crippen molar-refractivity contribution in [3.63, 3.8) is 0 Å². The van der Waals surface area contributed by atoms with E-state index in [-0.39, 0.29) is 16.8 Å². The molecule has 0 spiro atoms. The quantitative estimate of drug-likeness (QED) is 0.443. The van der Waals surface area contributed by atoms with Crippen molar-refractivity contribution in [2.75, 3.05) is 23.4 Å². The summed E-state index contributed by atoms with van der Waals surface area (Å²) in [6.07, 6.45) is 3.29. The van der Waals surface area contributed by atoms with E-state index in [1.54, 1.807) is 19.2 Å². The van der Waals surface area contributed by atoms with E-state index < -0.39 is 5.92 Å². The van der Waals surface area contributed by atoms with Gasteiger partial charge in [0, 0.05) is 18.8 Å². The van der Waals surface area contributed by atoms with Gasteiger partial charge in [-0.25, -0.2) is 9.97 Å². The zero-order valence-electron chi connectivity index (χ0n) is 15.1. The van der Waals surface area contributed by atoms with Crippen molar-refractivity contribution >= 4 is 50.9 Å². The number of hydrogen-bond acceptors (Lipinski definition) is 8. The molecule has 1 aliphatic rings. The van der Waals surface area contributed by atoms with E-state index in [1.165, 1.54) is 6.20 Å². The smallest absolute Gasteiger partial charge is 0.285 e. The van der Waals surface area contributed by atoms with Crippen LogP contribution in [0.25, 0.3) is 0 Å². The molecular weight excluding hydrogens is 384 g/mol. The molecule has 2 aromatic heterocycles. The number of thiazole rings is 1. The van der Waals surface area contributed by atoms with Crippen molar-refractivity contribution in [1.29, 1.82) is 0 Å². The number of hydrogen-bond donors (Lipinski definition) is 2. The summed E-state index contributed by atoms with van der Waals surface area (Å²) < 4.78 is 0. The zero-order valence-corrected chi connectivity index (χ0v) is 16.7. The van der Waals surface area contributed by atoms with Gasteiger partial charge in [-0.1, -0.05) is 30.0 Å². The Kier molecular flexibility index (Phi) is 6.22. The summed E-state index contributed by atoms with van der Waals surface area (Å²) in [7, 11) is 1.75. The lowest BCUT2D eigenvalue weighted by Crippen LogP contribution is -2.23. The summed E-state index contributed by atoms with van der Waals surface area (Å²) in [4.78, 5) is 46.6. The first-order chi connectivity index (χ1) is 13.0. The van der Waals surface area contributed by atoms with Crippen LogP contribution in [0, 0.1) is 5.92 Å².